The van der Waals surface area contributed by atoms with Crippen molar-refractivity contribution in [3.8, 4) is 0 Å². The molecule has 20 heavy (non-hydrogen) atoms. The number of hydrogen-bond donors (Lipinski definition) is 3. The monoisotopic (exact) mass is 309 g/mol. The minimum Gasteiger partial charge on any atom is -0.480 e. The minimum atomic E-state index is -3.39. The molecule has 0 heterocycles. The van der Waals surface area contributed by atoms with Gasteiger partial charge in [-0.15, -0.1) is 0 Å². The van der Waals surface area contributed by atoms with Crippen LogP contribution in [-0.2, 0) is 14.8 Å². The van der Waals surface area contributed by atoms with Crippen LogP contribution in [0.15, 0.2) is 0 Å². The number of aliphatic carboxylic acids is 1. The van der Waals surface area contributed by atoms with Crippen molar-refractivity contribution in [3.63, 3.8) is 0 Å². The fourth-order valence-electron chi connectivity index (χ4n) is 1.35. The van der Waals surface area contributed by atoms with E-state index in [0.717, 1.165) is 4.31 Å². The molecule has 0 aromatic rings. The van der Waals surface area contributed by atoms with E-state index in [1.54, 1.807) is 6.92 Å². The van der Waals surface area contributed by atoms with Gasteiger partial charge in [-0.2, -0.15) is 0 Å². The van der Waals surface area contributed by atoms with Gasteiger partial charge in [0, 0.05) is 20.6 Å². The van der Waals surface area contributed by atoms with E-state index in [2.05, 4.69) is 10.6 Å². The lowest BCUT2D eigenvalue weighted by Crippen LogP contribution is -2.50. The molecule has 0 saturated carbocycles. The van der Waals surface area contributed by atoms with Crippen LogP contribution in [0.1, 0.15) is 20.3 Å². The molecule has 0 spiro atoms. The van der Waals surface area contributed by atoms with Crippen molar-refractivity contribution in [1.82, 2.24) is 14.9 Å². The first-order valence-electron chi connectivity index (χ1n) is 6.29. The molecule has 3 N–H and O–H groups in total. The zero-order chi connectivity index (χ0) is 15.9. The summed E-state index contributed by atoms with van der Waals surface area (Å²) < 4.78 is 24.0. The molecule has 0 aromatic heterocycles. The maximum absolute atomic E-state index is 11.5. The third-order valence-corrected chi connectivity index (χ3v) is 4.80. The second-order valence-corrected chi connectivity index (χ2v) is 7.00. The minimum absolute atomic E-state index is 0.0841. The second-order valence-electron chi connectivity index (χ2n) is 4.70. The average Bonchev–Trinajstić information content (AvgIpc) is 2.34. The Kier molecular flexibility index (Phi) is 7.51. The summed E-state index contributed by atoms with van der Waals surface area (Å²) in [5.74, 6) is -1.58. The molecule has 0 saturated heterocycles. The van der Waals surface area contributed by atoms with E-state index in [1.807, 2.05) is 6.92 Å². The Bertz CT molecular complexity index is 435. The smallest absolute Gasteiger partial charge is 0.326 e. The van der Waals surface area contributed by atoms with E-state index in [-0.39, 0.29) is 18.2 Å². The summed E-state index contributed by atoms with van der Waals surface area (Å²) in [6.45, 7) is 3.46. The van der Waals surface area contributed by atoms with Gasteiger partial charge in [0.2, 0.25) is 10.0 Å². The van der Waals surface area contributed by atoms with Crippen LogP contribution in [0.3, 0.4) is 0 Å². The summed E-state index contributed by atoms with van der Waals surface area (Å²) in [4.78, 5) is 22.6. The van der Waals surface area contributed by atoms with Gasteiger partial charge in [-0.05, 0) is 5.92 Å². The summed E-state index contributed by atoms with van der Waals surface area (Å²) in [7, 11) is -0.582. The summed E-state index contributed by atoms with van der Waals surface area (Å²) in [6.07, 6.45) is 0.603. The maximum Gasteiger partial charge on any atom is 0.326 e. The number of hydrogen-bond acceptors (Lipinski definition) is 4. The average molecular weight is 309 g/mol. The van der Waals surface area contributed by atoms with Crippen LogP contribution >= 0.6 is 0 Å². The Morgan fingerprint density at radius 2 is 1.85 bits per heavy atom. The quantitative estimate of drug-likeness (QED) is 0.568. The van der Waals surface area contributed by atoms with Gasteiger partial charge in [-0.1, -0.05) is 20.3 Å². The molecule has 0 aliphatic rings. The van der Waals surface area contributed by atoms with Gasteiger partial charge in [0.25, 0.3) is 0 Å². The van der Waals surface area contributed by atoms with Gasteiger partial charge in [0.15, 0.2) is 0 Å². The highest BCUT2D eigenvalue weighted by Crippen LogP contribution is 2.07. The maximum atomic E-state index is 11.5. The number of carboxylic acids is 1. The molecule has 0 aliphatic heterocycles. The molecule has 2 amide bonds. The molecule has 9 heteroatoms. The van der Waals surface area contributed by atoms with E-state index in [0.29, 0.717) is 6.42 Å². The van der Waals surface area contributed by atoms with Crippen molar-refractivity contribution >= 4 is 22.0 Å². The molecule has 0 unspecified atom stereocenters. The summed E-state index contributed by atoms with van der Waals surface area (Å²) >= 11 is 0. The fourth-order valence-corrected chi connectivity index (χ4v) is 2.08. The van der Waals surface area contributed by atoms with Crippen LogP contribution in [0, 0.1) is 5.92 Å². The highest BCUT2D eigenvalue weighted by Gasteiger charge is 2.25. The lowest BCUT2D eigenvalue weighted by Gasteiger charge is -2.20. The summed E-state index contributed by atoms with van der Waals surface area (Å²) in [5, 5.41) is 13.7. The van der Waals surface area contributed by atoms with Gasteiger partial charge in [-0.3, -0.25) is 0 Å². The number of nitrogens with one attached hydrogen (secondary N) is 2. The van der Waals surface area contributed by atoms with Crippen molar-refractivity contribution in [1.29, 1.82) is 0 Å². The standard InChI is InChI=1S/C11H23N3O5S/c1-5-8(2)9(10(15)16)13-11(17)12-6-7-20(18,19)14(3)4/h8-9H,5-7H2,1-4H3,(H,15,16)(H2,12,13,17)/t8-,9-/m0/s1. The number of carbonyl (C=O) groups is 2. The fraction of sp³-hybridized carbons (Fsp3) is 0.818. The van der Waals surface area contributed by atoms with Gasteiger partial charge >= 0.3 is 12.0 Å². The Balaban J connectivity index is 4.33. The molecule has 2 atom stereocenters. The molecular weight excluding hydrogens is 286 g/mol. The number of carbonyl (C=O) groups excluding carboxylic acids is 1. The van der Waals surface area contributed by atoms with E-state index >= 15 is 0 Å². The van der Waals surface area contributed by atoms with Gasteiger partial charge in [0.1, 0.15) is 6.04 Å². The Morgan fingerprint density at radius 1 is 1.30 bits per heavy atom. The first kappa shape index (κ1) is 18.7. The van der Waals surface area contributed by atoms with E-state index in [9.17, 15) is 18.0 Å². The predicted molar refractivity (Wildman–Crippen MR) is 74.9 cm³/mol. The molecule has 8 nitrogen and oxygen atoms in total. The first-order chi connectivity index (χ1) is 9.11. The molecule has 0 aromatic carbocycles. The summed E-state index contributed by atoms with van der Waals surface area (Å²) in [5.41, 5.74) is 0. The number of carboxylic acid groups (broad SMARTS) is 1. The van der Waals surface area contributed by atoms with Gasteiger partial charge in [0.05, 0.1) is 5.75 Å². The summed E-state index contributed by atoms with van der Waals surface area (Å²) in [6, 6.07) is -1.68. The van der Waals surface area contributed by atoms with Gasteiger partial charge in [-0.25, -0.2) is 22.3 Å². The number of amides is 2. The van der Waals surface area contributed by atoms with Gasteiger partial charge < -0.3 is 15.7 Å². The Labute approximate surface area is 119 Å². The van der Waals surface area contributed by atoms with Crippen LogP contribution < -0.4 is 10.6 Å². The van der Waals surface area contributed by atoms with Crippen LogP contribution in [-0.4, -0.2) is 62.3 Å². The first-order valence-corrected chi connectivity index (χ1v) is 7.90. The normalized spacial score (nSPS) is 14.7. The molecule has 0 fully saturated rings. The lowest BCUT2D eigenvalue weighted by molar-refractivity contribution is -0.140. The van der Waals surface area contributed by atoms with Crippen LogP contribution in [0.5, 0.6) is 0 Å². The van der Waals surface area contributed by atoms with Crippen molar-refractivity contribution in [2.45, 2.75) is 26.3 Å². The third-order valence-electron chi connectivity index (χ3n) is 2.97. The Morgan fingerprint density at radius 3 is 2.25 bits per heavy atom. The van der Waals surface area contributed by atoms with Crippen molar-refractivity contribution in [3.05, 3.63) is 0 Å². The van der Waals surface area contributed by atoms with Crippen LogP contribution in [0.25, 0.3) is 0 Å². The van der Waals surface area contributed by atoms with Crippen LogP contribution in [0.4, 0.5) is 4.79 Å². The molecule has 0 bridgehead atoms. The number of nitrogens with zero attached hydrogens (tertiary/aromatic N) is 1. The zero-order valence-corrected chi connectivity index (χ0v) is 13.0. The van der Waals surface area contributed by atoms with Crippen molar-refractivity contribution in [2.24, 2.45) is 5.92 Å². The van der Waals surface area contributed by atoms with E-state index in [1.165, 1.54) is 14.1 Å². The molecule has 0 aliphatic carbocycles. The van der Waals surface area contributed by atoms with E-state index in [4.69, 9.17) is 5.11 Å². The zero-order valence-electron chi connectivity index (χ0n) is 12.2. The second kappa shape index (κ2) is 8.05. The lowest BCUT2D eigenvalue weighted by atomic mass is 9.99. The van der Waals surface area contributed by atoms with E-state index < -0.39 is 28.1 Å². The topological polar surface area (TPSA) is 116 Å². The molecular formula is C11H23N3O5S. The van der Waals surface area contributed by atoms with Crippen molar-refractivity contribution in [2.75, 3.05) is 26.4 Å². The highest BCUT2D eigenvalue weighted by atomic mass is 32.2. The number of urea groups is 1. The highest BCUT2D eigenvalue weighted by molar-refractivity contribution is 7.89. The van der Waals surface area contributed by atoms with Crippen LogP contribution in [0.2, 0.25) is 0 Å². The SMILES string of the molecule is CC[C@H](C)[C@H](NC(=O)NCCS(=O)(=O)N(C)C)C(=O)O. The number of sulfonamides is 1. The third kappa shape index (κ3) is 6.20. The van der Waals surface area contributed by atoms with Crippen molar-refractivity contribution < 1.29 is 23.1 Å². The molecule has 118 valence electrons. The molecule has 0 radical (unpaired) electrons. The predicted octanol–water partition coefficient (Wildman–Crippen LogP) is -0.324. The number of rotatable bonds is 8. The Hall–Kier alpha value is -1.35. The largest absolute Gasteiger partial charge is 0.480 e. The molecule has 0 rings (SSSR count).